The number of hydrogen-bond acceptors (Lipinski definition) is 8. The van der Waals surface area contributed by atoms with Gasteiger partial charge in [-0.15, -0.1) is 0 Å². The zero-order valence-corrected chi connectivity index (χ0v) is 29.6. The Labute approximate surface area is 318 Å². The van der Waals surface area contributed by atoms with Gasteiger partial charge in [0.1, 0.15) is 0 Å². The highest BCUT2D eigenvalue weighted by molar-refractivity contribution is 6.56. The first-order chi connectivity index (χ1) is 26.2. The van der Waals surface area contributed by atoms with Gasteiger partial charge in [0.15, 0.2) is 0 Å². The molecular formula is C42H26Cl2N6O4. The van der Waals surface area contributed by atoms with Crippen LogP contribution in [0.3, 0.4) is 0 Å². The molecule has 0 aliphatic carbocycles. The van der Waals surface area contributed by atoms with Crippen LogP contribution in [0.15, 0.2) is 178 Å². The molecule has 54 heavy (non-hydrogen) atoms. The average Bonchev–Trinajstić information content (AvgIpc) is 3.82. The number of non-ortho nitro benzene ring substituents is 2. The summed E-state index contributed by atoms with van der Waals surface area (Å²) in [5.41, 5.74) is 0.978. The molecule has 0 atom stereocenters. The van der Waals surface area contributed by atoms with Crippen LogP contribution in [0, 0.1) is 20.2 Å². The van der Waals surface area contributed by atoms with Gasteiger partial charge in [-0.2, -0.15) is 0 Å². The van der Waals surface area contributed by atoms with Gasteiger partial charge in [-0.05, 0) is 12.1 Å². The van der Waals surface area contributed by atoms with Gasteiger partial charge in [-0.3, -0.25) is 20.2 Å². The lowest BCUT2D eigenvalue weighted by Crippen LogP contribution is -2.43. The molecule has 262 valence electrons. The number of rotatable bonds is 9. The Kier molecular flexibility index (Phi) is 8.77. The fraction of sp³-hybridized carbons (Fsp3) is 0.0476. The molecule has 12 heteroatoms. The molecule has 0 unspecified atom stereocenters. The molecule has 6 aromatic rings. The van der Waals surface area contributed by atoms with Crippen LogP contribution in [0.5, 0.6) is 0 Å². The maximum absolute atomic E-state index is 12.0. The topological polar surface area (TPSA) is 136 Å². The first kappa shape index (κ1) is 34.5. The minimum Gasteiger partial charge on any atom is -0.258 e. The van der Waals surface area contributed by atoms with E-state index in [1.165, 1.54) is 36.4 Å². The van der Waals surface area contributed by atoms with Crippen LogP contribution in [0.4, 0.5) is 11.4 Å². The van der Waals surface area contributed by atoms with E-state index >= 15 is 0 Å². The van der Waals surface area contributed by atoms with Gasteiger partial charge in [0.05, 0.1) is 42.7 Å². The Morgan fingerprint density at radius 1 is 0.407 bits per heavy atom. The van der Waals surface area contributed by atoms with Crippen molar-refractivity contribution in [2.45, 2.75) is 11.3 Å². The zero-order valence-electron chi connectivity index (χ0n) is 28.1. The Morgan fingerprint density at radius 3 is 0.889 bits per heavy atom. The third-order valence-electron chi connectivity index (χ3n) is 9.30. The van der Waals surface area contributed by atoms with E-state index in [0.29, 0.717) is 22.8 Å². The molecule has 0 fully saturated rings. The quantitative estimate of drug-likeness (QED) is 0.107. The van der Waals surface area contributed by atoms with E-state index in [1.54, 1.807) is 0 Å². The second kappa shape index (κ2) is 13.7. The van der Waals surface area contributed by atoms with Gasteiger partial charge in [-0.1, -0.05) is 145 Å². The van der Waals surface area contributed by atoms with Crippen molar-refractivity contribution < 1.29 is 9.85 Å². The Balaban J connectivity index is 1.57. The van der Waals surface area contributed by atoms with Crippen molar-refractivity contribution in [3.63, 3.8) is 0 Å². The molecule has 8 rings (SSSR count). The van der Waals surface area contributed by atoms with Crippen molar-refractivity contribution in [3.05, 3.63) is 221 Å². The van der Waals surface area contributed by atoms with Crippen LogP contribution in [0.1, 0.15) is 33.4 Å². The molecule has 0 saturated heterocycles. The number of nitro groups is 2. The van der Waals surface area contributed by atoms with Gasteiger partial charge in [0.2, 0.25) is 11.3 Å². The second-order valence-electron chi connectivity index (χ2n) is 12.5. The van der Waals surface area contributed by atoms with Crippen molar-refractivity contribution in [2.75, 3.05) is 0 Å². The summed E-state index contributed by atoms with van der Waals surface area (Å²) in [6.07, 6.45) is 0. The average molecular weight is 750 g/mol. The van der Waals surface area contributed by atoms with E-state index in [2.05, 4.69) is 0 Å². The van der Waals surface area contributed by atoms with Crippen LogP contribution in [-0.2, 0) is 11.3 Å². The monoisotopic (exact) mass is 748 g/mol. The van der Waals surface area contributed by atoms with E-state index in [-0.39, 0.29) is 32.5 Å². The van der Waals surface area contributed by atoms with Gasteiger partial charge < -0.3 is 0 Å². The van der Waals surface area contributed by atoms with E-state index in [9.17, 15) is 20.2 Å². The van der Waals surface area contributed by atoms with E-state index < -0.39 is 21.2 Å². The van der Waals surface area contributed by atoms with Crippen molar-refractivity contribution in [1.29, 1.82) is 0 Å². The normalized spacial score (nSPS) is 15.5. The number of benzene rings is 6. The minimum atomic E-state index is -1.92. The third-order valence-corrected chi connectivity index (χ3v) is 9.92. The Morgan fingerprint density at radius 2 is 0.667 bits per heavy atom. The minimum absolute atomic E-state index is 0.0179. The lowest BCUT2D eigenvalue weighted by molar-refractivity contribution is -0.385. The molecule has 10 nitrogen and oxygen atoms in total. The molecule has 0 aromatic heterocycles. The van der Waals surface area contributed by atoms with Crippen molar-refractivity contribution in [1.82, 2.24) is 0 Å². The van der Waals surface area contributed by atoms with Gasteiger partial charge in [0.25, 0.3) is 11.4 Å². The molecule has 0 spiro atoms. The van der Waals surface area contributed by atoms with Crippen molar-refractivity contribution in [2.24, 2.45) is 20.0 Å². The molecule has 0 saturated carbocycles. The van der Waals surface area contributed by atoms with Crippen LogP contribution in [0.2, 0.25) is 10.0 Å². The summed E-state index contributed by atoms with van der Waals surface area (Å²) >= 11 is 14.2. The lowest BCUT2D eigenvalue weighted by Gasteiger charge is -2.39. The smallest absolute Gasteiger partial charge is 0.258 e. The standard InChI is InChI=1S/C42H26Cl2N6O4/c43-35-25-31(49(51)52)21-23-33(35)41(45-37(27-13-5-1-6-14-27)38(46-41)28-15-7-2-8-16-28)42(34-24-22-32(50(53)54)26-36(34)44)47-39(29-17-9-3-10-18-29)40(48-42)30-19-11-4-12-20-30/h1-26H. The molecule has 2 heterocycles. The molecule has 0 radical (unpaired) electrons. The van der Waals surface area contributed by atoms with Crippen LogP contribution in [0.25, 0.3) is 0 Å². The lowest BCUT2D eigenvalue weighted by atomic mass is 9.81. The number of nitro benzene ring substituents is 2. The number of aliphatic imine (C=N–C) groups is 4. The van der Waals surface area contributed by atoms with Crippen LogP contribution < -0.4 is 0 Å². The molecular weight excluding hydrogens is 723 g/mol. The molecule has 0 N–H and O–H groups in total. The SMILES string of the molecule is O=[N+]([O-])c1ccc(C2(C3(c4ccc([N+](=O)[O-])cc4Cl)N=C(c4ccccc4)C(c4ccccc4)=N3)N=C(c3ccccc3)C(c3ccccc3)=N2)c(Cl)c1. The molecule has 0 amide bonds. The highest BCUT2D eigenvalue weighted by atomic mass is 35.5. The highest BCUT2D eigenvalue weighted by Gasteiger charge is 2.62. The van der Waals surface area contributed by atoms with Gasteiger partial charge in [-0.25, -0.2) is 20.0 Å². The van der Waals surface area contributed by atoms with Crippen molar-refractivity contribution >= 4 is 57.4 Å². The first-order valence-electron chi connectivity index (χ1n) is 16.7. The van der Waals surface area contributed by atoms with Crippen LogP contribution >= 0.6 is 23.2 Å². The number of halogens is 2. The fourth-order valence-electron chi connectivity index (χ4n) is 6.83. The number of nitrogens with zero attached hydrogens (tertiary/aromatic N) is 6. The predicted octanol–water partition coefficient (Wildman–Crippen LogP) is 9.80. The summed E-state index contributed by atoms with van der Waals surface area (Å²) in [5, 5.41) is 23.9. The summed E-state index contributed by atoms with van der Waals surface area (Å²) in [6.45, 7) is 0. The fourth-order valence-corrected chi connectivity index (χ4v) is 7.44. The third kappa shape index (κ3) is 5.78. The van der Waals surface area contributed by atoms with E-state index in [1.807, 2.05) is 121 Å². The maximum Gasteiger partial charge on any atom is 0.270 e. The van der Waals surface area contributed by atoms with Gasteiger partial charge >= 0.3 is 0 Å². The molecule has 6 aromatic carbocycles. The van der Waals surface area contributed by atoms with Crippen molar-refractivity contribution in [3.8, 4) is 0 Å². The molecule has 0 bridgehead atoms. The van der Waals surface area contributed by atoms with E-state index in [0.717, 1.165) is 22.3 Å². The molecule has 2 aliphatic rings. The van der Waals surface area contributed by atoms with E-state index in [4.69, 9.17) is 43.2 Å². The highest BCUT2D eigenvalue weighted by Crippen LogP contribution is 2.57. The zero-order chi connectivity index (χ0) is 37.5. The Bertz CT molecular complexity index is 2290. The summed E-state index contributed by atoms with van der Waals surface area (Å²) in [6, 6.07) is 46.1. The molecule has 2 aliphatic heterocycles. The largest absolute Gasteiger partial charge is 0.270 e. The summed E-state index contributed by atoms with van der Waals surface area (Å²) in [5.74, 6) is 0. The summed E-state index contributed by atoms with van der Waals surface area (Å²) in [4.78, 5) is 44.9. The van der Waals surface area contributed by atoms with Gasteiger partial charge in [0, 0.05) is 57.6 Å². The maximum atomic E-state index is 12.0. The second-order valence-corrected chi connectivity index (χ2v) is 13.3. The predicted molar refractivity (Wildman–Crippen MR) is 211 cm³/mol. The first-order valence-corrected chi connectivity index (χ1v) is 17.5. The van der Waals surface area contributed by atoms with Crippen LogP contribution in [-0.4, -0.2) is 32.7 Å². The summed E-state index contributed by atoms with van der Waals surface area (Å²) in [7, 11) is 0. The number of hydrogen-bond donors (Lipinski definition) is 0. The Hall–Kier alpha value is -6.62. The summed E-state index contributed by atoms with van der Waals surface area (Å²) < 4.78 is 0.